The Bertz CT molecular complexity index is 871. The average molecular weight is 337 g/mol. The van der Waals surface area contributed by atoms with E-state index in [4.69, 9.17) is 0 Å². The molecule has 1 aromatic carbocycles. The van der Waals surface area contributed by atoms with E-state index in [0.717, 1.165) is 10.9 Å². The molecule has 0 radical (unpaired) electrons. The van der Waals surface area contributed by atoms with Crippen molar-refractivity contribution in [2.45, 2.75) is 45.8 Å². The van der Waals surface area contributed by atoms with Crippen LogP contribution in [0.25, 0.3) is 10.9 Å². The molecule has 5 heteroatoms. The molecule has 2 aromatic heterocycles. The van der Waals surface area contributed by atoms with Crippen molar-refractivity contribution in [1.29, 1.82) is 0 Å². The lowest BCUT2D eigenvalue weighted by molar-refractivity contribution is -0.118. The summed E-state index contributed by atoms with van der Waals surface area (Å²) in [4.78, 5) is 17.0. The minimum absolute atomic E-state index is 0.148. The molecular weight excluding hydrogens is 314 g/mol. The number of aryl methyl sites for hydroxylation is 1. The fourth-order valence-corrected chi connectivity index (χ4v) is 3.21. The number of carbonyl (C=O) groups excluding carboxylic acids is 1. The first kappa shape index (κ1) is 17.3. The third-order valence-electron chi connectivity index (χ3n) is 4.47. The molecular formula is C20H23N3O2. The monoisotopic (exact) mass is 337 g/mol. The van der Waals surface area contributed by atoms with Crippen molar-refractivity contribution < 1.29 is 9.90 Å². The molecule has 0 saturated carbocycles. The van der Waals surface area contributed by atoms with Gasteiger partial charge in [-0.3, -0.25) is 14.5 Å². The van der Waals surface area contributed by atoms with Gasteiger partial charge in [-0.1, -0.05) is 37.3 Å². The zero-order valence-corrected chi connectivity index (χ0v) is 14.6. The maximum absolute atomic E-state index is 12.5. The van der Waals surface area contributed by atoms with Gasteiger partial charge in [-0.15, -0.1) is 0 Å². The predicted molar refractivity (Wildman–Crippen MR) is 97.3 cm³/mol. The number of carbonyl (C=O) groups is 1. The van der Waals surface area contributed by atoms with E-state index in [1.165, 1.54) is 5.56 Å². The Morgan fingerprint density at radius 1 is 1.28 bits per heavy atom. The number of Topliss-reactive ketones (excluding diaryl/α,β-unsaturated/α-hetero) is 1. The third-order valence-corrected chi connectivity index (χ3v) is 4.47. The van der Waals surface area contributed by atoms with Gasteiger partial charge in [0.2, 0.25) is 0 Å². The Balaban J connectivity index is 1.77. The number of benzene rings is 1. The molecule has 0 aliphatic carbocycles. The van der Waals surface area contributed by atoms with Gasteiger partial charge in [-0.05, 0) is 24.5 Å². The Kier molecular flexibility index (Phi) is 5.24. The van der Waals surface area contributed by atoms with Crippen LogP contribution in [0.15, 0.2) is 42.6 Å². The van der Waals surface area contributed by atoms with Crippen LogP contribution in [0.2, 0.25) is 0 Å². The zero-order chi connectivity index (χ0) is 17.8. The van der Waals surface area contributed by atoms with Crippen LogP contribution in [-0.2, 0) is 24.4 Å². The SMILES string of the molecule is CCn1ncc2cc(CC(=O)C[C@H](C)c3ccccc3)nc(CO)c21. The first-order valence-corrected chi connectivity index (χ1v) is 8.64. The fraction of sp³-hybridized carbons (Fsp3) is 0.350. The number of hydrogen-bond donors (Lipinski definition) is 1. The van der Waals surface area contributed by atoms with Gasteiger partial charge >= 0.3 is 0 Å². The highest BCUT2D eigenvalue weighted by Crippen LogP contribution is 2.22. The molecule has 0 fully saturated rings. The van der Waals surface area contributed by atoms with Crippen molar-refractivity contribution in [2.24, 2.45) is 0 Å². The van der Waals surface area contributed by atoms with Gasteiger partial charge in [0.1, 0.15) is 5.78 Å². The minimum atomic E-state index is -0.162. The molecule has 2 heterocycles. The normalized spacial score (nSPS) is 12.4. The maximum atomic E-state index is 12.5. The second-order valence-electron chi connectivity index (χ2n) is 6.35. The van der Waals surface area contributed by atoms with E-state index in [9.17, 15) is 9.90 Å². The van der Waals surface area contributed by atoms with Crippen molar-refractivity contribution >= 4 is 16.7 Å². The van der Waals surface area contributed by atoms with E-state index in [1.807, 2.05) is 48.0 Å². The Morgan fingerprint density at radius 3 is 2.72 bits per heavy atom. The van der Waals surface area contributed by atoms with Crippen molar-refractivity contribution in [3.63, 3.8) is 0 Å². The number of fused-ring (bicyclic) bond motifs is 1. The van der Waals surface area contributed by atoms with Crippen LogP contribution in [0.5, 0.6) is 0 Å². The van der Waals surface area contributed by atoms with Crippen LogP contribution in [0.1, 0.15) is 43.1 Å². The van der Waals surface area contributed by atoms with Crippen LogP contribution in [0.3, 0.4) is 0 Å². The second kappa shape index (κ2) is 7.57. The van der Waals surface area contributed by atoms with E-state index in [0.29, 0.717) is 24.4 Å². The van der Waals surface area contributed by atoms with E-state index in [-0.39, 0.29) is 24.7 Å². The maximum Gasteiger partial charge on any atom is 0.139 e. The smallest absolute Gasteiger partial charge is 0.139 e. The van der Waals surface area contributed by atoms with Gasteiger partial charge in [0.05, 0.1) is 24.0 Å². The number of hydrogen-bond acceptors (Lipinski definition) is 4. The number of aromatic nitrogens is 3. The topological polar surface area (TPSA) is 68.0 Å². The van der Waals surface area contributed by atoms with Gasteiger partial charge in [0.25, 0.3) is 0 Å². The van der Waals surface area contributed by atoms with Gasteiger partial charge in [0.15, 0.2) is 0 Å². The standard InChI is InChI=1S/C20H23N3O2/c1-3-23-20-16(12-21-23)10-17(22-19(20)13-24)11-18(25)9-14(2)15-7-5-4-6-8-15/h4-8,10,12,14,24H,3,9,11,13H2,1-2H3/t14-/m0/s1. The van der Waals surface area contributed by atoms with Gasteiger partial charge in [-0.25, -0.2) is 0 Å². The fourth-order valence-electron chi connectivity index (χ4n) is 3.21. The summed E-state index contributed by atoms with van der Waals surface area (Å²) in [6, 6.07) is 12.0. The molecule has 3 aromatic rings. The number of aliphatic hydroxyl groups is 1. The zero-order valence-electron chi connectivity index (χ0n) is 14.6. The lowest BCUT2D eigenvalue weighted by Gasteiger charge is -2.11. The summed E-state index contributed by atoms with van der Waals surface area (Å²) in [5.41, 5.74) is 3.28. The number of rotatable bonds is 7. The van der Waals surface area contributed by atoms with E-state index < -0.39 is 0 Å². The number of nitrogens with zero attached hydrogens (tertiary/aromatic N) is 3. The largest absolute Gasteiger partial charge is 0.390 e. The Labute approximate surface area is 147 Å². The van der Waals surface area contributed by atoms with Crippen molar-refractivity contribution in [3.8, 4) is 0 Å². The summed E-state index contributed by atoms with van der Waals surface area (Å²) < 4.78 is 1.82. The molecule has 1 atom stereocenters. The van der Waals surface area contributed by atoms with Crippen molar-refractivity contribution in [3.05, 3.63) is 59.5 Å². The molecule has 130 valence electrons. The molecule has 5 nitrogen and oxygen atoms in total. The first-order chi connectivity index (χ1) is 12.1. The number of aliphatic hydroxyl groups excluding tert-OH is 1. The Hall–Kier alpha value is -2.53. The summed E-state index contributed by atoms with van der Waals surface area (Å²) >= 11 is 0. The van der Waals surface area contributed by atoms with Crippen molar-refractivity contribution in [1.82, 2.24) is 14.8 Å². The number of pyridine rings is 1. The molecule has 0 amide bonds. The molecule has 0 saturated heterocycles. The summed E-state index contributed by atoms with van der Waals surface area (Å²) in [5, 5.41) is 14.9. The molecule has 0 spiro atoms. The Morgan fingerprint density at radius 2 is 2.04 bits per heavy atom. The third kappa shape index (κ3) is 3.77. The molecule has 0 aliphatic rings. The van der Waals surface area contributed by atoms with Gasteiger partial charge < -0.3 is 5.11 Å². The highest BCUT2D eigenvalue weighted by molar-refractivity contribution is 5.85. The van der Waals surface area contributed by atoms with Crippen LogP contribution >= 0.6 is 0 Å². The van der Waals surface area contributed by atoms with E-state index in [2.05, 4.69) is 17.0 Å². The van der Waals surface area contributed by atoms with Crippen LogP contribution in [0, 0.1) is 0 Å². The summed E-state index contributed by atoms with van der Waals surface area (Å²) in [5.74, 6) is 0.326. The van der Waals surface area contributed by atoms with Gasteiger partial charge in [0, 0.05) is 30.5 Å². The van der Waals surface area contributed by atoms with E-state index >= 15 is 0 Å². The van der Waals surface area contributed by atoms with Crippen LogP contribution < -0.4 is 0 Å². The molecule has 0 aliphatic heterocycles. The summed E-state index contributed by atoms with van der Waals surface area (Å²) in [7, 11) is 0. The predicted octanol–water partition coefficient (Wildman–Crippen LogP) is 3.25. The first-order valence-electron chi connectivity index (χ1n) is 8.64. The van der Waals surface area contributed by atoms with Crippen LogP contribution in [0.4, 0.5) is 0 Å². The molecule has 0 unspecified atom stereocenters. The lowest BCUT2D eigenvalue weighted by Crippen LogP contribution is -2.10. The minimum Gasteiger partial charge on any atom is -0.390 e. The molecule has 1 N–H and O–H groups in total. The average Bonchev–Trinajstić information content (AvgIpc) is 3.04. The highest BCUT2D eigenvalue weighted by Gasteiger charge is 2.15. The molecule has 25 heavy (non-hydrogen) atoms. The lowest BCUT2D eigenvalue weighted by atomic mass is 9.94. The van der Waals surface area contributed by atoms with Crippen molar-refractivity contribution in [2.75, 3.05) is 0 Å². The van der Waals surface area contributed by atoms with Crippen LogP contribution in [-0.4, -0.2) is 25.7 Å². The molecule has 0 bridgehead atoms. The molecule has 3 rings (SSSR count). The highest BCUT2D eigenvalue weighted by atomic mass is 16.3. The summed E-state index contributed by atoms with van der Waals surface area (Å²) in [6.07, 6.45) is 2.52. The summed E-state index contributed by atoms with van der Waals surface area (Å²) in [6.45, 7) is 4.61. The second-order valence-corrected chi connectivity index (χ2v) is 6.35. The number of ketones is 1. The van der Waals surface area contributed by atoms with E-state index in [1.54, 1.807) is 6.20 Å². The quantitative estimate of drug-likeness (QED) is 0.718. The van der Waals surface area contributed by atoms with Gasteiger partial charge in [-0.2, -0.15) is 5.10 Å².